The summed E-state index contributed by atoms with van der Waals surface area (Å²) in [6.07, 6.45) is 1.81. The predicted octanol–water partition coefficient (Wildman–Crippen LogP) is 1.70. The molecule has 0 saturated carbocycles. The summed E-state index contributed by atoms with van der Waals surface area (Å²) in [7, 11) is 0. The van der Waals surface area contributed by atoms with Gasteiger partial charge in [0, 0.05) is 30.6 Å². The molecule has 0 aromatic carbocycles. The molecule has 21 heavy (non-hydrogen) atoms. The predicted molar refractivity (Wildman–Crippen MR) is 84.5 cm³/mol. The van der Waals surface area contributed by atoms with Gasteiger partial charge in [-0.2, -0.15) is 22.0 Å². The second-order valence-corrected chi connectivity index (χ2v) is 6.88. The van der Waals surface area contributed by atoms with Crippen molar-refractivity contribution >= 4 is 28.7 Å². The summed E-state index contributed by atoms with van der Waals surface area (Å²) in [5.41, 5.74) is 2.91. The van der Waals surface area contributed by atoms with Gasteiger partial charge in [0.2, 0.25) is 5.91 Å². The molecule has 0 unspecified atom stereocenters. The normalized spacial score (nSPS) is 16.1. The van der Waals surface area contributed by atoms with E-state index in [4.69, 9.17) is 0 Å². The van der Waals surface area contributed by atoms with Crippen LogP contribution in [0.5, 0.6) is 0 Å². The van der Waals surface area contributed by atoms with Crippen LogP contribution in [0.3, 0.4) is 0 Å². The van der Waals surface area contributed by atoms with Gasteiger partial charge in [0.05, 0.1) is 11.9 Å². The van der Waals surface area contributed by atoms with E-state index < -0.39 is 0 Å². The largest absolute Gasteiger partial charge is 0.339 e. The first kappa shape index (κ1) is 14.4. The van der Waals surface area contributed by atoms with E-state index in [-0.39, 0.29) is 11.9 Å². The van der Waals surface area contributed by atoms with Crippen molar-refractivity contribution in [3.05, 3.63) is 11.9 Å². The van der Waals surface area contributed by atoms with E-state index >= 15 is 0 Å². The van der Waals surface area contributed by atoms with Gasteiger partial charge in [-0.1, -0.05) is 0 Å². The maximum atomic E-state index is 12.4. The van der Waals surface area contributed by atoms with Gasteiger partial charge in [-0.25, -0.2) is 0 Å². The molecule has 0 atom stereocenters. The smallest absolute Gasteiger partial charge is 0.244 e. The molecule has 0 bridgehead atoms. The van der Waals surface area contributed by atoms with Crippen molar-refractivity contribution in [3.8, 4) is 0 Å². The molecule has 0 radical (unpaired) electrons. The Morgan fingerprint density at radius 1 is 1.38 bits per heavy atom. The Kier molecular flexibility index (Phi) is 3.93. The summed E-state index contributed by atoms with van der Waals surface area (Å²) in [6, 6.07) is 0.286. The van der Waals surface area contributed by atoms with Gasteiger partial charge in [-0.05, 0) is 20.8 Å². The number of amides is 1. The van der Waals surface area contributed by atoms with E-state index in [9.17, 15) is 4.79 Å². The molecular formula is C14H21N5OS. The van der Waals surface area contributed by atoms with Crippen LogP contribution in [0.2, 0.25) is 0 Å². The summed E-state index contributed by atoms with van der Waals surface area (Å²) < 4.78 is 3.76. The van der Waals surface area contributed by atoms with Gasteiger partial charge in [-0.15, -0.1) is 0 Å². The molecule has 1 aliphatic heterocycles. The van der Waals surface area contributed by atoms with Crippen LogP contribution in [0.1, 0.15) is 25.6 Å². The van der Waals surface area contributed by atoms with Crippen LogP contribution < -0.4 is 0 Å². The quantitative estimate of drug-likeness (QED) is 0.866. The van der Waals surface area contributed by atoms with Gasteiger partial charge in [0.15, 0.2) is 0 Å². The van der Waals surface area contributed by atoms with Gasteiger partial charge >= 0.3 is 0 Å². The molecular weight excluding hydrogens is 286 g/mol. The average molecular weight is 307 g/mol. The standard InChI is InChI=1S/C14H21N5OS/c1-10(2)19-12-8-15-18(14(12)11(3)16-19)9-13(20)17-4-6-21-7-5-17/h8,10H,4-7,9H2,1-3H3. The van der Waals surface area contributed by atoms with Crippen LogP contribution >= 0.6 is 11.8 Å². The van der Waals surface area contributed by atoms with Crippen molar-refractivity contribution in [1.82, 2.24) is 24.5 Å². The zero-order valence-corrected chi connectivity index (χ0v) is 13.6. The number of carbonyl (C=O) groups excluding carboxylic acids is 1. The molecule has 3 heterocycles. The van der Waals surface area contributed by atoms with Crippen molar-refractivity contribution in [2.24, 2.45) is 0 Å². The van der Waals surface area contributed by atoms with E-state index in [0.29, 0.717) is 6.54 Å². The first-order valence-electron chi connectivity index (χ1n) is 7.34. The first-order chi connectivity index (χ1) is 10.1. The first-order valence-corrected chi connectivity index (χ1v) is 8.49. The SMILES string of the molecule is Cc1nn(C(C)C)c2cnn(CC(=O)N3CCSCC3)c12. The molecule has 0 aliphatic carbocycles. The summed E-state index contributed by atoms with van der Waals surface area (Å²) in [5.74, 6) is 2.21. The lowest BCUT2D eigenvalue weighted by Crippen LogP contribution is -2.39. The number of fused-ring (bicyclic) bond motifs is 1. The van der Waals surface area contributed by atoms with E-state index in [1.54, 1.807) is 4.68 Å². The Bertz CT molecular complexity index is 654. The van der Waals surface area contributed by atoms with Crippen molar-refractivity contribution in [2.75, 3.05) is 24.6 Å². The Morgan fingerprint density at radius 2 is 2.10 bits per heavy atom. The zero-order valence-electron chi connectivity index (χ0n) is 12.7. The second-order valence-electron chi connectivity index (χ2n) is 5.65. The molecule has 1 aliphatic rings. The lowest BCUT2D eigenvalue weighted by molar-refractivity contribution is -0.131. The Labute approximate surface area is 128 Å². The van der Waals surface area contributed by atoms with Crippen LogP contribution in [-0.4, -0.2) is 55.0 Å². The summed E-state index contributed by atoms with van der Waals surface area (Å²) in [4.78, 5) is 14.3. The van der Waals surface area contributed by atoms with Gasteiger partial charge in [0.25, 0.3) is 0 Å². The molecule has 7 heteroatoms. The van der Waals surface area contributed by atoms with Crippen LogP contribution in [0, 0.1) is 6.92 Å². The highest BCUT2D eigenvalue weighted by molar-refractivity contribution is 7.99. The Morgan fingerprint density at radius 3 is 2.76 bits per heavy atom. The van der Waals surface area contributed by atoms with Crippen LogP contribution in [0.25, 0.3) is 11.0 Å². The van der Waals surface area contributed by atoms with Crippen molar-refractivity contribution < 1.29 is 4.79 Å². The number of rotatable bonds is 3. The van der Waals surface area contributed by atoms with Crippen LogP contribution in [0.15, 0.2) is 6.20 Å². The van der Waals surface area contributed by atoms with Gasteiger partial charge in [0.1, 0.15) is 17.6 Å². The molecule has 114 valence electrons. The molecule has 1 amide bonds. The monoisotopic (exact) mass is 307 g/mol. The number of hydrogen-bond acceptors (Lipinski definition) is 4. The average Bonchev–Trinajstić information content (AvgIpc) is 3.02. The highest BCUT2D eigenvalue weighted by atomic mass is 32.2. The number of hydrogen-bond donors (Lipinski definition) is 0. The molecule has 6 nitrogen and oxygen atoms in total. The minimum absolute atomic E-state index is 0.150. The lowest BCUT2D eigenvalue weighted by atomic mass is 10.3. The number of aryl methyl sites for hydroxylation is 1. The lowest BCUT2D eigenvalue weighted by Gasteiger charge is -2.26. The number of nitrogens with zero attached hydrogens (tertiary/aromatic N) is 5. The van der Waals surface area contributed by atoms with Crippen molar-refractivity contribution in [2.45, 2.75) is 33.4 Å². The van der Waals surface area contributed by atoms with Gasteiger partial charge < -0.3 is 4.90 Å². The fourth-order valence-electron chi connectivity index (χ4n) is 2.73. The molecule has 2 aromatic heterocycles. The van der Waals surface area contributed by atoms with Crippen LogP contribution in [0.4, 0.5) is 0 Å². The van der Waals surface area contributed by atoms with Crippen molar-refractivity contribution in [3.63, 3.8) is 0 Å². The minimum atomic E-state index is 0.150. The van der Waals surface area contributed by atoms with Crippen molar-refractivity contribution in [1.29, 1.82) is 0 Å². The fraction of sp³-hybridized carbons (Fsp3) is 0.643. The molecule has 1 fully saturated rings. The van der Waals surface area contributed by atoms with Gasteiger partial charge in [-0.3, -0.25) is 14.2 Å². The molecule has 1 saturated heterocycles. The minimum Gasteiger partial charge on any atom is -0.339 e. The van der Waals surface area contributed by atoms with E-state index in [1.165, 1.54) is 0 Å². The highest BCUT2D eigenvalue weighted by Crippen LogP contribution is 2.21. The summed E-state index contributed by atoms with van der Waals surface area (Å²) >= 11 is 1.91. The molecule has 0 N–H and O–H groups in total. The summed E-state index contributed by atoms with van der Waals surface area (Å²) in [6.45, 7) is 8.16. The topological polar surface area (TPSA) is 56.0 Å². The third-order valence-electron chi connectivity index (χ3n) is 3.81. The maximum Gasteiger partial charge on any atom is 0.244 e. The Balaban J connectivity index is 1.85. The number of thioether (sulfide) groups is 1. The zero-order chi connectivity index (χ0) is 15.0. The van der Waals surface area contributed by atoms with E-state index in [0.717, 1.165) is 41.3 Å². The number of aromatic nitrogens is 4. The Hall–Kier alpha value is -1.50. The van der Waals surface area contributed by atoms with E-state index in [1.807, 2.05) is 34.5 Å². The highest BCUT2D eigenvalue weighted by Gasteiger charge is 2.20. The molecule has 3 rings (SSSR count). The van der Waals surface area contributed by atoms with Crippen LogP contribution in [-0.2, 0) is 11.3 Å². The number of carbonyl (C=O) groups is 1. The fourth-order valence-corrected chi connectivity index (χ4v) is 3.64. The molecule has 2 aromatic rings. The third kappa shape index (κ3) is 2.66. The summed E-state index contributed by atoms with van der Waals surface area (Å²) in [5, 5.41) is 8.95. The maximum absolute atomic E-state index is 12.4. The third-order valence-corrected chi connectivity index (χ3v) is 4.75. The van der Waals surface area contributed by atoms with E-state index in [2.05, 4.69) is 24.0 Å². The molecule has 0 spiro atoms. The second kappa shape index (κ2) is 5.71.